The Morgan fingerprint density at radius 3 is 2.43 bits per heavy atom. The second-order valence-corrected chi connectivity index (χ2v) is 3.95. The van der Waals surface area contributed by atoms with Crippen LogP contribution < -0.4 is 0 Å². The topological polar surface area (TPSA) is 0 Å². The van der Waals surface area contributed by atoms with Crippen molar-refractivity contribution in [2.24, 2.45) is 0 Å². The Morgan fingerprint density at radius 1 is 1.21 bits per heavy atom. The van der Waals surface area contributed by atoms with Gasteiger partial charge in [0, 0.05) is 5.56 Å². The molecule has 14 heavy (non-hydrogen) atoms. The van der Waals surface area contributed by atoms with Crippen molar-refractivity contribution in [1.29, 1.82) is 0 Å². The average Bonchev–Trinajstić information content (AvgIpc) is 2.14. The van der Waals surface area contributed by atoms with Crippen molar-refractivity contribution < 1.29 is 0 Å². The molecule has 0 unspecified atom stereocenters. The molecule has 0 radical (unpaired) electrons. The summed E-state index contributed by atoms with van der Waals surface area (Å²) in [5.41, 5.74) is 2.53. The van der Waals surface area contributed by atoms with Crippen molar-refractivity contribution in [3.63, 3.8) is 0 Å². The molecule has 1 aliphatic carbocycles. The first-order valence-electron chi connectivity index (χ1n) is 5.05. The lowest BCUT2D eigenvalue weighted by Crippen LogP contribution is -2.08. The van der Waals surface area contributed by atoms with Crippen LogP contribution in [0.5, 0.6) is 0 Å². The van der Waals surface area contributed by atoms with Crippen LogP contribution in [0.4, 0.5) is 0 Å². The summed E-state index contributed by atoms with van der Waals surface area (Å²) >= 11 is 5.49. The number of rotatable bonds is 1. The average molecular weight is 205 g/mol. The van der Waals surface area contributed by atoms with Crippen LogP contribution in [0.3, 0.4) is 0 Å². The quantitative estimate of drug-likeness (QED) is 0.485. The van der Waals surface area contributed by atoms with Gasteiger partial charge in [0.15, 0.2) is 0 Å². The molecule has 1 aliphatic rings. The zero-order valence-corrected chi connectivity index (χ0v) is 8.85. The van der Waals surface area contributed by atoms with Crippen LogP contribution in [0.1, 0.15) is 36.3 Å². The maximum absolute atomic E-state index is 5.49. The van der Waals surface area contributed by atoms with Gasteiger partial charge in [-0.1, -0.05) is 30.4 Å². The lowest BCUT2D eigenvalue weighted by atomic mass is 9.80. The summed E-state index contributed by atoms with van der Waals surface area (Å²) in [6.45, 7) is 0. The lowest BCUT2D eigenvalue weighted by molar-refractivity contribution is 0.420. The van der Waals surface area contributed by atoms with Gasteiger partial charge >= 0.3 is 0 Å². The minimum absolute atomic E-state index is 0.407. The van der Waals surface area contributed by atoms with E-state index in [1.165, 1.54) is 24.8 Å². The van der Waals surface area contributed by atoms with E-state index < -0.39 is 0 Å². The van der Waals surface area contributed by atoms with E-state index in [-0.39, 0.29) is 0 Å². The SMILES string of the molecule is ClCC#Cc1ccc(C2CCC2)cc1. The van der Waals surface area contributed by atoms with Gasteiger partial charge in [0.05, 0.1) is 5.88 Å². The van der Waals surface area contributed by atoms with Gasteiger partial charge in [-0.15, -0.1) is 11.6 Å². The molecular weight excluding hydrogens is 192 g/mol. The van der Waals surface area contributed by atoms with Crippen LogP contribution >= 0.6 is 11.6 Å². The second kappa shape index (κ2) is 4.53. The van der Waals surface area contributed by atoms with Crippen LogP contribution in [0, 0.1) is 11.8 Å². The Balaban J connectivity index is 2.09. The van der Waals surface area contributed by atoms with E-state index >= 15 is 0 Å². The molecule has 1 saturated carbocycles. The minimum Gasteiger partial charge on any atom is -0.113 e. The molecule has 0 N–H and O–H groups in total. The molecule has 0 amide bonds. The van der Waals surface area contributed by atoms with Crippen LogP contribution in [-0.2, 0) is 0 Å². The fraction of sp³-hybridized carbons (Fsp3) is 0.385. The van der Waals surface area contributed by atoms with Gasteiger partial charge in [-0.05, 0) is 36.5 Å². The largest absolute Gasteiger partial charge is 0.113 e. The molecule has 1 fully saturated rings. The number of benzene rings is 1. The van der Waals surface area contributed by atoms with E-state index in [1.54, 1.807) is 0 Å². The molecule has 1 heteroatoms. The van der Waals surface area contributed by atoms with Gasteiger partial charge < -0.3 is 0 Å². The van der Waals surface area contributed by atoms with E-state index in [1.807, 2.05) is 0 Å². The molecule has 0 saturated heterocycles. The highest BCUT2D eigenvalue weighted by Gasteiger charge is 2.18. The predicted molar refractivity (Wildman–Crippen MR) is 60.6 cm³/mol. The van der Waals surface area contributed by atoms with Gasteiger partial charge in [-0.2, -0.15) is 0 Å². The highest BCUT2D eigenvalue weighted by molar-refractivity contribution is 6.19. The predicted octanol–water partition coefficient (Wildman–Crippen LogP) is 3.54. The third-order valence-corrected chi connectivity index (χ3v) is 2.92. The zero-order chi connectivity index (χ0) is 9.80. The van der Waals surface area contributed by atoms with E-state index in [4.69, 9.17) is 11.6 Å². The molecule has 0 nitrogen and oxygen atoms in total. The van der Waals surface area contributed by atoms with Crippen molar-refractivity contribution in [3.8, 4) is 11.8 Å². The Kier molecular flexibility index (Phi) is 3.11. The minimum atomic E-state index is 0.407. The fourth-order valence-corrected chi connectivity index (χ4v) is 1.78. The maximum atomic E-state index is 5.49. The summed E-state index contributed by atoms with van der Waals surface area (Å²) in [6, 6.07) is 8.57. The molecule has 0 spiro atoms. The van der Waals surface area contributed by atoms with E-state index in [0.29, 0.717) is 5.88 Å². The number of alkyl halides is 1. The Morgan fingerprint density at radius 2 is 1.93 bits per heavy atom. The van der Waals surface area contributed by atoms with Gasteiger partial charge in [0.25, 0.3) is 0 Å². The summed E-state index contributed by atoms with van der Waals surface area (Å²) < 4.78 is 0. The first kappa shape index (κ1) is 9.62. The summed E-state index contributed by atoms with van der Waals surface area (Å²) in [5, 5.41) is 0. The molecule has 0 aromatic heterocycles. The molecular formula is C13H13Cl. The smallest absolute Gasteiger partial charge is 0.0839 e. The van der Waals surface area contributed by atoms with Crippen molar-refractivity contribution in [1.82, 2.24) is 0 Å². The highest BCUT2D eigenvalue weighted by Crippen LogP contribution is 2.36. The Hall–Kier alpha value is -0.930. The van der Waals surface area contributed by atoms with E-state index in [2.05, 4.69) is 36.1 Å². The molecule has 1 aromatic carbocycles. The Bertz CT molecular complexity index is 349. The van der Waals surface area contributed by atoms with Crippen molar-refractivity contribution >= 4 is 11.6 Å². The summed E-state index contributed by atoms with van der Waals surface area (Å²) in [6.07, 6.45) is 4.10. The fourth-order valence-electron chi connectivity index (χ4n) is 1.72. The van der Waals surface area contributed by atoms with Crippen LogP contribution in [0.2, 0.25) is 0 Å². The van der Waals surface area contributed by atoms with Gasteiger partial charge in [-0.25, -0.2) is 0 Å². The molecule has 0 atom stereocenters. The Labute approximate surface area is 90.3 Å². The molecule has 2 rings (SSSR count). The first-order chi connectivity index (χ1) is 6.90. The highest BCUT2D eigenvalue weighted by atomic mass is 35.5. The summed E-state index contributed by atoms with van der Waals surface area (Å²) in [7, 11) is 0. The molecule has 0 bridgehead atoms. The monoisotopic (exact) mass is 204 g/mol. The lowest BCUT2D eigenvalue weighted by Gasteiger charge is -2.25. The third kappa shape index (κ3) is 2.11. The van der Waals surface area contributed by atoms with Gasteiger partial charge in [0.2, 0.25) is 0 Å². The number of hydrogen-bond acceptors (Lipinski definition) is 0. The second-order valence-electron chi connectivity index (χ2n) is 3.69. The van der Waals surface area contributed by atoms with Crippen molar-refractivity contribution in [2.45, 2.75) is 25.2 Å². The number of hydrogen-bond donors (Lipinski definition) is 0. The standard InChI is InChI=1S/C13H13Cl/c14-10-2-3-11-6-8-13(9-7-11)12-4-1-5-12/h6-9,12H,1,4-5,10H2. The van der Waals surface area contributed by atoms with Gasteiger partial charge in [-0.3, -0.25) is 0 Å². The van der Waals surface area contributed by atoms with E-state index in [9.17, 15) is 0 Å². The maximum Gasteiger partial charge on any atom is 0.0839 e. The van der Waals surface area contributed by atoms with Gasteiger partial charge in [0.1, 0.15) is 0 Å². The summed E-state index contributed by atoms with van der Waals surface area (Å²) in [4.78, 5) is 0. The van der Waals surface area contributed by atoms with Crippen LogP contribution in [0.15, 0.2) is 24.3 Å². The molecule has 72 valence electrons. The molecule has 0 aliphatic heterocycles. The zero-order valence-electron chi connectivity index (χ0n) is 8.09. The molecule has 1 aromatic rings. The van der Waals surface area contributed by atoms with Crippen LogP contribution in [0.25, 0.3) is 0 Å². The first-order valence-corrected chi connectivity index (χ1v) is 5.58. The number of halogens is 1. The van der Waals surface area contributed by atoms with Crippen LogP contribution in [-0.4, -0.2) is 5.88 Å². The van der Waals surface area contributed by atoms with E-state index in [0.717, 1.165) is 11.5 Å². The summed E-state index contributed by atoms with van der Waals surface area (Å²) in [5.74, 6) is 7.09. The van der Waals surface area contributed by atoms with Crippen molar-refractivity contribution in [3.05, 3.63) is 35.4 Å². The molecule has 0 heterocycles. The third-order valence-electron chi connectivity index (χ3n) is 2.79. The normalized spacial score (nSPS) is 15.5. The van der Waals surface area contributed by atoms with Crippen molar-refractivity contribution in [2.75, 3.05) is 5.88 Å².